The van der Waals surface area contributed by atoms with Crippen molar-refractivity contribution >= 4 is 11.6 Å². The molecule has 5 heteroatoms. The summed E-state index contributed by atoms with van der Waals surface area (Å²) in [6, 6.07) is 14.9. The number of hydrogen-bond acceptors (Lipinski definition) is 4. The van der Waals surface area contributed by atoms with Crippen LogP contribution in [-0.4, -0.2) is 60.6 Å². The third kappa shape index (κ3) is 6.08. The second-order valence-electron chi connectivity index (χ2n) is 7.28. The molecule has 1 aliphatic rings. The molecule has 1 amide bonds. The first-order chi connectivity index (χ1) is 13.1. The number of carbonyl (C=O) groups is 1. The summed E-state index contributed by atoms with van der Waals surface area (Å²) < 4.78 is 0. The minimum atomic E-state index is 0.0680. The number of hydrogen-bond donors (Lipinski definition) is 2. The van der Waals surface area contributed by atoms with Crippen molar-refractivity contribution in [2.24, 2.45) is 0 Å². The molecule has 1 fully saturated rings. The number of rotatable bonds is 7. The second-order valence-corrected chi connectivity index (χ2v) is 7.28. The molecule has 144 valence electrons. The molecule has 0 radical (unpaired) electrons. The fourth-order valence-electron chi connectivity index (χ4n) is 3.35. The van der Waals surface area contributed by atoms with Crippen molar-refractivity contribution in [2.45, 2.75) is 19.3 Å². The van der Waals surface area contributed by atoms with Crippen LogP contribution in [0.2, 0.25) is 0 Å². The molecule has 3 rings (SSSR count). The number of phenols is 1. The van der Waals surface area contributed by atoms with Gasteiger partial charge >= 0.3 is 0 Å². The molecule has 2 aromatic rings. The Labute approximate surface area is 161 Å². The van der Waals surface area contributed by atoms with Crippen LogP contribution in [0.25, 0.3) is 11.1 Å². The van der Waals surface area contributed by atoms with Crippen molar-refractivity contribution in [1.29, 1.82) is 0 Å². The van der Waals surface area contributed by atoms with Gasteiger partial charge in [0.15, 0.2) is 0 Å². The molecule has 0 atom stereocenters. The number of amides is 1. The normalized spacial score (nSPS) is 15.6. The van der Waals surface area contributed by atoms with Crippen LogP contribution in [0, 0.1) is 0 Å². The van der Waals surface area contributed by atoms with Gasteiger partial charge in [-0.15, -0.1) is 0 Å². The van der Waals surface area contributed by atoms with Gasteiger partial charge in [-0.3, -0.25) is 4.79 Å². The van der Waals surface area contributed by atoms with E-state index in [0.717, 1.165) is 62.4 Å². The van der Waals surface area contributed by atoms with Crippen molar-refractivity contribution in [3.05, 3.63) is 48.5 Å². The summed E-state index contributed by atoms with van der Waals surface area (Å²) in [6.45, 7) is 5.63. The standard InChI is InChI=1S/C22H29N3O2/c1-24-13-15-25(16-14-24)12-3-2-7-22(27)23-20-10-8-18(9-11-20)19-5-4-6-21(26)17-19/h4-6,8-11,17,26H,2-3,7,12-16H2,1H3,(H,23,27). The summed E-state index contributed by atoms with van der Waals surface area (Å²) in [7, 11) is 2.16. The molecule has 1 saturated heterocycles. The van der Waals surface area contributed by atoms with E-state index < -0.39 is 0 Å². The molecule has 1 heterocycles. The van der Waals surface area contributed by atoms with E-state index >= 15 is 0 Å². The van der Waals surface area contributed by atoms with Gasteiger partial charge in [-0.2, -0.15) is 0 Å². The van der Waals surface area contributed by atoms with E-state index in [2.05, 4.69) is 22.2 Å². The molecule has 0 aromatic heterocycles. The molecule has 0 aliphatic carbocycles. The zero-order chi connectivity index (χ0) is 19.1. The average molecular weight is 367 g/mol. The van der Waals surface area contributed by atoms with Gasteiger partial charge in [0.05, 0.1) is 0 Å². The lowest BCUT2D eigenvalue weighted by atomic mass is 10.1. The van der Waals surface area contributed by atoms with Crippen LogP contribution in [0.5, 0.6) is 5.75 Å². The minimum Gasteiger partial charge on any atom is -0.508 e. The van der Waals surface area contributed by atoms with E-state index in [0.29, 0.717) is 6.42 Å². The van der Waals surface area contributed by atoms with E-state index in [9.17, 15) is 9.90 Å². The number of nitrogens with one attached hydrogen (secondary N) is 1. The molecule has 2 aromatic carbocycles. The van der Waals surface area contributed by atoms with Gasteiger partial charge in [0.25, 0.3) is 0 Å². The van der Waals surface area contributed by atoms with Crippen molar-refractivity contribution in [3.8, 4) is 16.9 Å². The molecule has 0 saturated carbocycles. The SMILES string of the molecule is CN1CCN(CCCCC(=O)Nc2ccc(-c3cccc(O)c3)cc2)CC1. The maximum atomic E-state index is 12.1. The van der Waals surface area contributed by atoms with Gasteiger partial charge in [-0.25, -0.2) is 0 Å². The number of nitrogens with zero attached hydrogens (tertiary/aromatic N) is 2. The monoisotopic (exact) mass is 367 g/mol. The molecule has 0 spiro atoms. The Morgan fingerprint density at radius 3 is 2.44 bits per heavy atom. The lowest BCUT2D eigenvalue weighted by Crippen LogP contribution is -2.44. The van der Waals surface area contributed by atoms with E-state index in [-0.39, 0.29) is 11.7 Å². The number of piperazine rings is 1. The number of aromatic hydroxyl groups is 1. The lowest BCUT2D eigenvalue weighted by Gasteiger charge is -2.32. The molecule has 2 N–H and O–H groups in total. The first-order valence-electron chi connectivity index (χ1n) is 9.70. The van der Waals surface area contributed by atoms with Crippen LogP contribution >= 0.6 is 0 Å². The Balaban J connectivity index is 1.39. The van der Waals surface area contributed by atoms with Gasteiger partial charge in [-0.1, -0.05) is 24.3 Å². The quantitative estimate of drug-likeness (QED) is 0.737. The Morgan fingerprint density at radius 2 is 1.74 bits per heavy atom. The third-order valence-electron chi connectivity index (χ3n) is 5.07. The van der Waals surface area contributed by atoms with Crippen molar-refractivity contribution in [1.82, 2.24) is 9.80 Å². The van der Waals surface area contributed by atoms with E-state index in [1.54, 1.807) is 12.1 Å². The second kappa shape index (κ2) is 9.53. The van der Waals surface area contributed by atoms with E-state index in [1.807, 2.05) is 36.4 Å². The molecular weight excluding hydrogens is 338 g/mol. The zero-order valence-corrected chi connectivity index (χ0v) is 16.0. The molecule has 1 aliphatic heterocycles. The maximum absolute atomic E-state index is 12.1. The topological polar surface area (TPSA) is 55.8 Å². The first-order valence-corrected chi connectivity index (χ1v) is 9.70. The molecule has 27 heavy (non-hydrogen) atoms. The highest BCUT2D eigenvalue weighted by Crippen LogP contribution is 2.24. The first kappa shape index (κ1) is 19.4. The number of carbonyl (C=O) groups excluding carboxylic acids is 1. The van der Waals surface area contributed by atoms with Crippen LogP contribution in [0.1, 0.15) is 19.3 Å². The summed E-state index contributed by atoms with van der Waals surface area (Å²) in [4.78, 5) is 17.0. The summed E-state index contributed by atoms with van der Waals surface area (Å²) in [5.74, 6) is 0.319. The Bertz CT molecular complexity index is 737. The summed E-state index contributed by atoms with van der Waals surface area (Å²) in [5.41, 5.74) is 2.77. The molecule has 5 nitrogen and oxygen atoms in total. The van der Waals surface area contributed by atoms with Crippen LogP contribution in [0.3, 0.4) is 0 Å². The highest BCUT2D eigenvalue weighted by atomic mass is 16.3. The maximum Gasteiger partial charge on any atom is 0.224 e. The highest BCUT2D eigenvalue weighted by molar-refractivity contribution is 5.90. The largest absolute Gasteiger partial charge is 0.508 e. The smallest absolute Gasteiger partial charge is 0.224 e. The Hall–Kier alpha value is -2.37. The summed E-state index contributed by atoms with van der Waals surface area (Å²) in [5, 5.41) is 12.6. The zero-order valence-electron chi connectivity index (χ0n) is 16.0. The highest BCUT2D eigenvalue weighted by Gasteiger charge is 2.13. The summed E-state index contributed by atoms with van der Waals surface area (Å²) in [6.07, 6.45) is 2.54. The van der Waals surface area contributed by atoms with Gasteiger partial charge in [-0.05, 0) is 61.8 Å². The van der Waals surface area contributed by atoms with Gasteiger partial charge in [0.1, 0.15) is 5.75 Å². The van der Waals surface area contributed by atoms with Crippen LogP contribution in [0.4, 0.5) is 5.69 Å². The van der Waals surface area contributed by atoms with Crippen molar-refractivity contribution < 1.29 is 9.90 Å². The number of anilines is 1. The number of phenolic OH excluding ortho intramolecular Hbond substituents is 1. The number of likely N-dealkylation sites (N-methyl/N-ethyl adjacent to an activating group) is 1. The van der Waals surface area contributed by atoms with E-state index in [1.165, 1.54) is 0 Å². The molecule has 0 bridgehead atoms. The fraction of sp³-hybridized carbons (Fsp3) is 0.409. The Morgan fingerprint density at radius 1 is 1.00 bits per heavy atom. The van der Waals surface area contributed by atoms with Crippen LogP contribution in [0.15, 0.2) is 48.5 Å². The van der Waals surface area contributed by atoms with Crippen molar-refractivity contribution in [3.63, 3.8) is 0 Å². The number of benzene rings is 2. The van der Waals surface area contributed by atoms with Gasteiger partial charge in [0.2, 0.25) is 5.91 Å². The van der Waals surface area contributed by atoms with E-state index in [4.69, 9.17) is 0 Å². The predicted octanol–water partition coefficient (Wildman–Crippen LogP) is 3.42. The number of unbranched alkanes of at least 4 members (excludes halogenated alkanes) is 1. The lowest BCUT2D eigenvalue weighted by molar-refractivity contribution is -0.116. The van der Waals surface area contributed by atoms with Gasteiger partial charge in [0, 0.05) is 38.3 Å². The minimum absolute atomic E-state index is 0.0680. The molecular formula is C22H29N3O2. The molecule has 0 unspecified atom stereocenters. The Kier molecular flexibility index (Phi) is 6.85. The van der Waals surface area contributed by atoms with Crippen molar-refractivity contribution in [2.75, 3.05) is 45.1 Å². The van der Waals surface area contributed by atoms with Crippen LogP contribution < -0.4 is 5.32 Å². The predicted molar refractivity (Wildman–Crippen MR) is 110 cm³/mol. The fourth-order valence-corrected chi connectivity index (χ4v) is 3.35. The average Bonchev–Trinajstić information content (AvgIpc) is 2.67. The summed E-state index contributed by atoms with van der Waals surface area (Å²) >= 11 is 0. The van der Waals surface area contributed by atoms with Gasteiger partial charge < -0.3 is 20.2 Å². The third-order valence-corrected chi connectivity index (χ3v) is 5.07. The van der Waals surface area contributed by atoms with Crippen LogP contribution in [-0.2, 0) is 4.79 Å².